The number of aliphatic hydroxyl groups is 1. The van der Waals surface area contributed by atoms with Crippen LogP contribution >= 0.6 is 0 Å². The van der Waals surface area contributed by atoms with E-state index in [-0.39, 0.29) is 5.78 Å². The van der Waals surface area contributed by atoms with Gasteiger partial charge in [0.25, 0.3) is 0 Å². The van der Waals surface area contributed by atoms with Crippen LogP contribution in [0.5, 0.6) is 5.75 Å². The summed E-state index contributed by atoms with van der Waals surface area (Å²) in [7, 11) is 1.67. The fourth-order valence-electron chi connectivity index (χ4n) is 4.70. The number of aromatic nitrogens is 2. The SMILES string of the molecule is COc1ccc2[nH]cc(CCNCC(O)Cn3cc(/C=C/C(=O)c4ccccc4)c4ccccc43)c2c1. The summed E-state index contributed by atoms with van der Waals surface area (Å²) >= 11 is 0. The number of ketones is 1. The summed E-state index contributed by atoms with van der Waals surface area (Å²) in [5.41, 5.74) is 4.95. The monoisotopic (exact) mass is 493 g/mol. The number of hydrogen-bond acceptors (Lipinski definition) is 4. The summed E-state index contributed by atoms with van der Waals surface area (Å²) in [6, 6.07) is 23.3. The number of hydrogen-bond donors (Lipinski definition) is 3. The Kier molecular flexibility index (Phi) is 7.49. The molecular formula is C31H31N3O3. The molecule has 0 fully saturated rings. The molecule has 3 aromatic carbocycles. The highest BCUT2D eigenvalue weighted by Gasteiger charge is 2.12. The van der Waals surface area contributed by atoms with Gasteiger partial charge in [0.1, 0.15) is 5.75 Å². The summed E-state index contributed by atoms with van der Waals surface area (Å²) < 4.78 is 7.41. The summed E-state index contributed by atoms with van der Waals surface area (Å²) in [5.74, 6) is 0.810. The molecule has 1 unspecified atom stereocenters. The smallest absolute Gasteiger partial charge is 0.185 e. The number of H-pyrrole nitrogens is 1. The lowest BCUT2D eigenvalue weighted by Crippen LogP contribution is -2.31. The van der Waals surface area contributed by atoms with E-state index >= 15 is 0 Å². The van der Waals surface area contributed by atoms with E-state index in [1.807, 2.05) is 91.3 Å². The fraction of sp³-hybridized carbons (Fsp3) is 0.194. The van der Waals surface area contributed by atoms with Crippen molar-refractivity contribution in [3.8, 4) is 5.75 Å². The highest BCUT2D eigenvalue weighted by Crippen LogP contribution is 2.24. The van der Waals surface area contributed by atoms with Crippen LogP contribution in [-0.4, -0.2) is 46.7 Å². The molecule has 3 N–H and O–H groups in total. The highest BCUT2D eigenvalue weighted by molar-refractivity contribution is 6.07. The molecule has 0 saturated heterocycles. The highest BCUT2D eigenvalue weighted by atomic mass is 16.5. The number of fused-ring (bicyclic) bond motifs is 2. The van der Waals surface area contributed by atoms with Gasteiger partial charge in [0.2, 0.25) is 0 Å². The van der Waals surface area contributed by atoms with Crippen LogP contribution in [0.3, 0.4) is 0 Å². The molecule has 1 atom stereocenters. The summed E-state index contributed by atoms with van der Waals surface area (Å²) in [6.45, 7) is 1.69. The molecule has 6 nitrogen and oxygen atoms in total. The second-order valence-electron chi connectivity index (χ2n) is 9.15. The van der Waals surface area contributed by atoms with Crippen LogP contribution in [0.1, 0.15) is 21.5 Å². The maximum absolute atomic E-state index is 12.5. The second kappa shape index (κ2) is 11.3. The Morgan fingerprint density at radius 2 is 1.89 bits per heavy atom. The van der Waals surface area contributed by atoms with Gasteiger partial charge >= 0.3 is 0 Å². The van der Waals surface area contributed by atoms with Crippen LogP contribution in [0.25, 0.3) is 27.9 Å². The van der Waals surface area contributed by atoms with E-state index in [0.717, 1.165) is 46.1 Å². The lowest BCUT2D eigenvalue weighted by Gasteiger charge is -2.14. The van der Waals surface area contributed by atoms with Gasteiger partial charge in [-0.1, -0.05) is 48.5 Å². The quantitative estimate of drug-likeness (QED) is 0.134. The summed E-state index contributed by atoms with van der Waals surface area (Å²) in [5, 5.41) is 16.3. The van der Waals surface area contributed by atoms with Gasteiger partial charge in [-0.2, -0.15) is 0 Å². The van der Waals surface area contributed by atoms with Gasteiger partial charge in [0.05, 0.1) is 13.2 Å². The maximum atomic E-state index is 12.5. The number of allylic oxidation sites excluding steroid dienone is 1. The van der Waals surface area contributed by atoms with Crippen molar-refractivity contribution in [3.63, 3.8) is 0 Å². The molecule has 2 heterocycles. The van der Waals surface area contributed by atoms with Crippen LogP contribution in [-0.2, 0) is 13.0 Å². The number of para-hydroxylation sites is 1. The van der Waals surface area contributed by atoms with E-state index in [4.69, 9.17) is 4.74 Å². The van der Waals surface area contributed by atoms with Crippen LogP contribution < -0.4 is 10.1 Å². The molecule has 0 radical (unpaired) electrons. The van der Waals surface area contributed by atoms with Crippen molar-refractivity contribution in [1.82, 2.24) is 14.9 Å². The molecule has 2 aromatic heterocycles. The number of carbonyl (C=O) groups is 1. The van der Waals surface area contributed by atoms with Crippen molar-refractivity contribution in [3.05, 3.63) is 108 Å². The number of nitrogens with zero attached hydrogens (tertiary/aromatic N) is 1. The van der Waals surface area contributed by atoms with Crippen LogP contribution in [0.2, 0.25) is 0 Å². The molecule has 5 aromatic rings. The number of nitrogens with one attached hydrogen (secondary N) is 2. The number of aliphatic hydroxyl groups excluding tert-OH is 1. The van der Waals surface area contributed by atoms with Gasteiger partial charge in [0, 0.05) is 58.4 Å². The van der Waals surface area contributed by atoms with Crippen molar-refractivity contribution in [2.75, 3.05) is 20.2 Å². The average Bonchev–Trinajstić information content (AvgIpc) is 3.50. The first-order valence-electron chi connectivity index (χ1n) is 12.5. The number of aromatic amines is 1. The third-order valence-corrected chi connectivity index (χ3v) is 6.63. The molecule has 37 heavy (non-hydrogen) atoms. The first kappa shape index (κ1) is 24.6. The van der Waals surface area contributed by atoms with Crippen LogP contribution in [0.15, 0.2) is 91.3 Å². The van der Waals surface area contributed by atoms with Gasteiger partial charge in [0.15, 0.2) is 5.78 Å². The van der Waals surface area contributed by atoms with Crippen molar-refractivity contribution in [1.29, 1.82) is 0 Å². The Balaban J connectivity index is 1.20. The predicted octanol–water partition coefficient (Wildman–Crippen LogP) is 5.22. The lowest BCUT2D eigenvalue weighted by atomic mass is 10.1. The molecule has 0 aliphatic heterocycles. The van der Waals surface area contributed by atoms with Crippen molar-refractivity contribution < 1.29 is 14.6 Å². The molecule has 0 saturated carbocycles. The fourth-order valence-corrected chi connectivity index (χ4v) is 4.70. The van der Waals surface area contributed by atoms with Crippen LogP contribution in [0.4, 0.5) is 0 Å². The van der Waals surface area contributed by atoms with E-state index < -0.39 is 6.10 Å². The summed E-state index contributed by atoms with van der Waals surface area (Å²) in [4.78, 5) is 15.8. The van der Waals surface area contributed by atoms with Crippen molar-refractivity contribution in [2.24, 2.45) is 0 Å². The second-order valence-corrected chi connectivity index (χ2v) is 9.15. The van der Waals surface area contributed by atoms with Gasteiger partial charge in [-0.25, -0.2) is 0 Å². The Hall–Kier alpha value is -4.13. The molecule has 0 amide bonds. The number of methoxy groups -OCH3 is 1. The van der Waals surface area contributed by atoms with E-state index in [1.54, 1.807) is 13.2 Å². The molecule has 6 heteroatoms. The van der Waals surface area contributed by atoms with Crippen LogP contribution in [0, 0.1) is 0 Å². The van der Waals surface area contributed by atoms with E-state index in [0.29, 0.717) is 18.7 Å². The molecular weight excluding hydrogens is 462 g/mol. The Labute approximate surface area is 216 Å². The summed E-state index contributed by atoms with van der Waals surface area (Å²) in [6.07, 6.45) is 7.79. The zero-order valence-electron chi connectivity index (χ0n) is 20.9. The average molecular weight is 494 g/mol. The largest absolute Gasteiger partial charge is 0.497 e. The standard InChI is InChI=1S/C31H31N3O3/c1-37-26-12-13-29-28(17-26)23(18-33-29)15-16-32-19-25(35)21-34-20-24(27-9-5-6-10-30(27)34)11-14-31(36)22-7-3-2-4-8-22/h2-14,17-18,20,25,32-33,35H,15-16,19,21H2,1H3/b14-11+. The predicted molar refractivity (Wildman–Crippen MR) is 149 cm³/mol. The van der Waals surface area contributed by atoms with E-state index in [2.05, 4.69) is 14.9 Å². The minimum atomic E-state index is -0.554. The topological polar surface area (TPSA) is 79.3 Å². The number of benzene rings is 3. The molecule has 0 spiro atoms. The third-order valence-electron chi connectivity index (χ3n) is 6.63. The van der Waals surface area contributed by atoms with Crippen molar-refractivity contribution >= 4 is 33.7 Å². The van der Waals surface area contributed by atoms with Gasteiger partial charge < -0.3 is 24.7 Å². The minimum absolute atomic E-state index is 0.0321. The number of ether oxygens (including phenoxy) is 1. The molecule has 0 aliphatic rings. The molecule has 5 rings (SSSR count). The first-order valence-corrected chi connectivity index (χ1v) is 12.5. The zero-order chi connectivity index (χ0) is 25.6. The Morgan fingerprint density at radius 3 is 2.73 bits per heavy atom. The van der Waals surface area contributed by atoms with Crippen molar-refractivity contribution in [2.45, 2.75) is 19.1 Å². The zero-order valence-corrected chi connectivity index (χ0v) is 20.9. The number of rotatable bonds is 11. The molecule has 0 aliphatic carbocycles. The minimum Gasteiger partial charge on any atom is -0.497 e. The Bertz CT molecular complexity index is 1530. The number of carbonyl (C=O) groups excluding carboxylic acids is 1. The molecule has 188 valence electrons. The third kappa shape index (κ3) is 5.66. The maximum Gasteiger partial charge on any atom is 0.185 e. The normalized spacial score (nSPS) is 12.5. The van der Waals surface area contributed by atoms with Gasteiger partial charge in [-0.05, 0) is 54.9 Å². The van der Waals surface area contributed by atoms with E-state index in [1.165, 1.54) is 5.56 Å². The Morgan fingerprint density at radius 1 is 1.08 bits per heavy atom. The van der Waals surface area contributed by atoms with E-state index in [9.17, 15) is 9.90 Å². The van der Waals surface area contributed by atoms with Gasteiger partial charge in [-0.15, -0.1) is 0 Å². The van der Waals surface area contributed by atoms with Gasteiger partial charge in [-0.3, -0.25) is 4.79 Å². The first-order chi connectivity index (χ1) is 18.1. The lowest BCUT2D eigenvalue weighted by molar-refractivity contribution is 0.104. The molecule has 0 bridgehead atoms.